The summed E-state index contributed by atoms with van der Waals surface area (Å²) in [6.45, 7) is 4.08. The van der Waals surface area contributed by atoms with Gasteiger partial charge in [0.2, 0.25) is 0 Å². The van der Waals surface area contributed by atoms with Gasteiger partial charge in [-0.25, -0.2) is 9.48 Å². The molecule has 0 aliphatic rings. The van der Waals surface area contributed by atoms with Crippen molar-refractivity contribution in [3.63, 3.8) is 0 Å². The number of esters is 1. The molecule has 1 aromatic rings. The number of rotatable bonds is 8. The van der Waals surface area contributed by atoms with Crippen molar-refractivity contribution in [1.29, 1.82) is 0 Å². The van der Waals surface area contributed by atoms with Crippen LogP contribution in [-0.2, 0) is 17.0 Å². The van der Waals surface area contributed by atoms with Gasteiger partial charge in [-0.15, -0.1) is 11.8 Å². The molecule has 1 rings (SSSR count). The maximum Gasteiger partial charge on any atom is 0.361 e. The Kier molecular flexibility index (Phi) is 7.60. The lowest BCUT2D eigenvalue weighted by molar-refractivity contribution is 0.0651. The molecular weight excluding hydrogens is 288 g/mol. The fourth-order valence-electron chi connectivity index (χ4n) is 1.45. The normalized spacial score (nSPS) is 11.4. The highest BCUT2D eigenvalue weighted by atomic mass is 32.2. The second-order valence-electron chi connectivity index (χ2n) is 4.34. The predicted molar refractivity (Wildman–Crippen MR) is 86.5 cm³/mol. The highest BCUT2D eigenvalue weighted by Crippen LogP contribution is 2.12. The average molecular weight is 310 g/mol. The molecule has 6 nitrogen and oxygen atoms in total. The van der Waals surface area contributed by atoms with E-state index >= 15 is 0 Å². The van der Waals surface area contributed by atoms with Gasteiger partial charge in [0.15, 0.2) is 0 Å². The van der Waals surface area contributed by atoms with Gasteiger partial charge in [0.05, 0.1) is 24.0 Å². The fraction of sp³-hybridized carbons (Fsp3) is 0.500. The molecule has 0 N–H and O–H groups in total. The third-order valence-corrected chi connectivity index (χ3v) is 3.29. The summed E-state index contributed by atoms with van der Waals surface area (Å²) in [5.74, 6) is 1.21. The van der Waals surface area contributed by atoms with E-state index in [1.165, 1.54) is 6.26 Å². The lowest BCUT2D eigenvalue weighted by Crippen LogP contribution is -2.10. The van der Waals surface area contributed by atoms with Gasteiger partial charge >= 0.3 is 5.97 Å². The Morgan fingerprint density at radius 2 is 2.29 bits per heavy atom. The van der Waals surface area contributed by atoms with Crippen molar-refractivity contribution in [2.75, 3.05) is 19.8 Å². The molecule has 0 amide bonds. The van der Waals surface area contributed by atoms with Crippen molar-refractivity contribution < 1.29 is 9.53 Å². The van der Waals surface area contributed by atoms with E-state index < -0.39 is 5.97 Å². The molecule has 1 aromatic heterocycles. The van der Waals surface area contributed by atoms with Gasteiger partial charge in [-0.2, -0.15) is 10.2 Å². The van der Waals surface area contributed by atoms with Crippen LogP contribution in [0.1, 0.15) is 30.0 Å². The van der Waals surface area contributed by atoms with Crippen molar-refractivity contribution in [2.45, 2.75) is 26.1 Å². The summed E-state index contributed by atoms with van der Waals surface area (Å²) in [5, 5.41) is 10.0. The summed E-state index contributed by atoms with van der Waals surface area (Å²) in [7, 11) is 3.62. The first kappa shape index (κ1) is 17.3. The molecule has 0 saturated heterocycles. The van der Waals surface area contributed by atoms with E-state index in [-0.39, 0.29) is 0 Å². The smallest absolute Gasteiger partial charge is 0.361 e. The number of allylic oxidation sites excluding steroid dienone is 1. The molecule has 0 aliphatic carbocycles. The van der Waals surface area contributed by atoms with E-state index in [1.54, 1.807) is 39.8 Å². The van der Waals surface area contributed by atoms with Gasteiger partial charge in [0.1, 0.15) is 5.69 Å². The first-order valence-corrected chi connectivity index (χ1v) is 7.95. The lowest BCUT2D eigenvalue weighted by Gasteiger charge is -2.04. The van der Waals surface area contributed by atoms with Crippen LogP contribution in [0.5, 0.6) is 0 Å². The van der Waals surface area contributed by atoms with Crippen LogP contribution in [0.4, 0.5) is 0 Å². The topological polar surface area (TPSA) is 59.7 Å². The molecule has 21 heavy (non-hydrogen) atoms. The van der Waals surface area contributed by atoms with E-state index in [0.29, 0.717) is 11.6 Å². The van der Waals surface area contributed by atoms with E-state index in [2.05, 4.69) is 17.1 Å². The number of hydrazone groups is 1. The monoisotopic (exact) mass is 310 g/mol. The number of nitrogens with zero attached hydrogens (tertiary/aromatic N) is 4. The average Bonchev–Trinajstić information content (AvgIpc) is 2.87. The quantitative estimate of drug-likeness (QED) is 0.319. The third-order valence-electron chi connectivity index (χ3n) is 2.46. The SMILES string of the molecule is CCSCn1nc(CC)cc1C(=O)O/C=C/C=N\N(C)C. The van der Waals surface area contributed by atoms with Crippen molar-refractivity contribution in [3.05, 3.63) is 29.8 Å². The van der Waals surface area contributed by atoms with Gasteiger partial charge in [0, 0.05) is 14.1 Å². The highest BCUT2D eigenvalue weighted by molar-refractivity contribution is 7.98. The first-order valence-electron chi connectivity index (χ1n) is 6.80. The Labute approximate surface area is 129 Å². The molecule has 0 radical (unpaired) electrons. The first-order chi connectivity index (χ1) is 10.1. The number of hydrogen-bond acceptors (Lipinski definition) is 6. The molecule has 0 spiro atoms. The Hall–Kier alpha value is -1.76. The molecule has 0 unspecified atom stereocenters. The van der Waals surface area contributed by atoms with Crippen LogP contribution in [0.3, 0.4) is 0 Å². The maximum absolute atomic E-state index is 12.1. The molecule has 0 aliphatic heterocycles. The van der Waals surface area contributed by atoms with Crippen molar-refractivity contribution in [2.24, 2.45) is 5.10 Å². The van der Waals surface area contributed by atoms with Crippen LogP contribution in [0.2, 0.25) is 0 Å². The zero-order valence-corrected chi connectivity index (χ0v) is 13.8. The van der Waals surface area contributed by atoms with E-state index in [4.69, 9.17) is 4.74 Å². The molecule has 0 bridgehead atoms. The Bertz CT molecular complexity index is 509. The summed E-state index contributed by atoms with van der Waals surface area (Å²) >= 11 is 1.70. The Morgan fingerprint density at radius 1 is 1.52 bits per heavy atom. The van der Waals surface area contributed by atoms with E-state index in [9.17, 15) is 4.79 Å². The van der Waals surface area contributed by atoms with Gasteiger partial charge in [-0.1, -0.05) is 13.8 Å². The largest absolute Gasteiger partial charge is 0.430 e. The van der Waals surface area contributed by atoms with Gasteiger partial charge in [-0.05, 0) is 24.3 Å². The molecule has 0 fully saturated rings. The number of thioether (sulfide) groups is 1. The van der Waals surface area contributed by atoms with Crippen LogP contribution >= 0.6 is 11.8 Å². The van der Waals surface area contributed by atoms with Gasteiger partial charge < -0.3 is 9.75 Å². The van der Waals surface area contributed by atoms with Crippen molar-refractivity contribution in [3.8, 4) is 0 Å². The van der Waals surface area contributed by atoms with Crippen LogP contribution < -0.4 is 0 Å². The molecule has 0 saturated carbocycles. The second kappa shape index (κ2) is 9.23. The molecule has 0 aromatic carbocycles. The minimum atomic E-state index is -0.409. The van der Waals surface area contributed by atoms with Crippen LogP contribution in [0, 0.1) is 0 Å². The van der Waals surface area contributed by atoms with E-state index in [0.717, 1.165) is 17.9 Å². The minimum Gasteiger partial charge on any atom is -0.430 e. The van der Waals surface area contributed by atoms with Gasteiger partial charge in [0.25, 0.3) is 0 Å². The van der Waals surface area contributed by atoms with Crippen molar-refractivity contribution in [1.82, 2.24) is 14.8 Å². The second-order valence-corrected chi connectivity index (χ2v) is 5.59. The minimum absolute atomic E-state index is 0.409. The lowest BCUT2D eigenvalue weighted by atomic mass is 10.3. The number of ether oxygens (including phenoxy) is 1. The number of aryl methyl sites for hydroxylation is 1. The molecule has 7 heteroatoms. The van der Waals surface area contributed by atoms with Crippen LogP contribution in [0.15, 0.2) is 23.5 Å². The number of aromatic nitrogens is 2. The van der Waals surface area contributed by atoms with Crippen LogP contribution in [0.25, 0.3) is 0 Å². The van der Waals surface area contributed by atoms with Gasteiger partial charge in [-0.3, -0.25) is 0 Å². The number of carbonyl (C=O) groups is 1. The summed E-state index contributed by atoms with van der Waals surface area (Å²) in [5.41, 5.74) is 1.36. The predicted octanol–water partition coefficient (Wildman–Crippen LogP) is 2.37. The fourth-order valence-corrected chi connectivity index (χ4v) is 2.00. The molecule has 1 heterocycles. The number of hydrogen-bond donors (Lipinski definition) is 0. The van der Waals surface area contributed by atoms with E-state index in [1.807, 2.05) is 21.0 Å². The molecular formula is C14H22N4O2S. The third kappa shape index (κ3) is 6.03. The zero-order valence-electron chi connectivity index (χ0n) is 12.9. The van der Waals surface area contributed by atoms with Crippen LogP contribution in [-0.4, -0.2) is 46.8 Å². The summed E-state index contributed by atoms with van der Waals surface area (Å²) in [6, 6.07) is 1.78. The Balaban J connectivity index is 2.69. The zero-order chi connectivity index (χ0) is 15.7. The summed E-state index contributed by atoms with van der Waals surface area (Å²) in [4.78, 5) is 12.1. The molecule has 116 valence electrons. The summed E-state index contributed by atoms with van der Waals surface area (Å²) in [6.07, 6.45) is 5.23. The van der Waals surface area contributed by atoms with Crippen molar-refractivity contribution >= 4 is 23.9 Å². The Morgan fingerprint density at radius 3 is 2.90 bits per heavy atom. The maximum atomic E-state index is 12.1. The molecule has 0 atom stereocenters. The standard InChI is InChI=1S/C14H22N4O2S/c1-5-12-10-13(18(16-12)11-21-6-2)14(19)20-9-7-8-15-17(3)4/h7-10H,5-6,11H2,1-4H3/b9-7+,15-8-. The number of carbonyl (C=O) groups excluding carboxylic acids is 1. The highest BCUT2D eigenvalue weighted by Gasteiger charge is 2.15. The summed E-state index contributed by atoms with van der Waals surface area (Å²) < 4.78 is 6.78.